The lowest BCUT2D eigenvalue weighted by atomic mass is 10.1. The van der Waals surface area contributed by atoms with Crippen LogP contribution in [-0.4, -0.2) is 32.2 Å². The third-order valence-electron chi connectivity index (χ3n) is 3.27. The van der Waals surface area contributed by atoms with Crippen molar-refractivity contribution in [3.63, 3.8) is 0 Å². The highest BCUT2D eigenvalue weighted by Crippen LogP contribution is 2.20. The summed E-state index contributed by atoms with van der Waals surface area (Å²) in [7, 11) is -2.23. The first kappa shape index (κ1) is 17.9. The van der Waals surface area contributed by atoms with Gasteiger partial charge in [0.05, 0.1) is 12.6 Å². The van der Waals surface area contributed by atoms with Crippen molar-refractivity contribution in [1.29, 1.82) is 0 Å². The first-order chi connectivity index (χ1) is 10.8. The summed E-state index contributed by atoms with van der Waals surface area (Å²) >= 11 is 6.95. The Hall–Kier alpha value is -1.41. The van der Waals surface area contributed by atoms with Crippen LogP contribution in [0, 0.1) is 0 Å². The molecule has 0 aliphatic carbocycles. The molecule has 1 atom stereocenters. The maximum Gasteiger partial charge on any atom is 0.252 e. The smallest absolute Gasteiger partial charge is 0.252 e. The van der Waals surface area contributed by atoms with Crippen LogP contribution in [-0.2, 0) is 14.8 Å². The van der Waals surface area contributed by atoms with Crippen molar-refractivity contribution >= 4 is 38.9 Å². The fourth-order valence-electron chi connectivity index (χ4n) is 1.97. The molecule has 1 heterocycles. The second-order valence-electron chi connectivity index (χ2n) is 5.03. The molecule has 1 N–H and O–H groups in total. The van der Waals surface area contributed by atoms with Gasteiger partial charge in [0.2, 0.25) is 5.91 Å². The fraction of sp³-hybridized carbons (Fsp3) is 0.267. The highest BCUT2D eigenvalue weighted by molar-refractivity contribution is 7.91. The minimum atomic E-state index is -3.62. The van der Waals surface area contributed by atoms with Crippen molar-refractivity contribution in [3.05, 3.63) is 52.4 Å². The molecule has 0 bridgehead atoms. The molecule has 1 aromatic heterocycles. The summed E-state index contributed by atoms with van der Waals surface area (Å²) in [4.78, 5) is 12.1. The number of benzene rings is 1. The summed E-state index contributed by atoms with van der Waals surface area (Å²) in [6.45, 7) is 1.59. The van der Waals surface area contributed by atoms with Gasteiger partial charge in [-0.05, 0) is 36.1 Å². The molecular formula is C15H17ClN2O3S2. The highest BCUT2D eigenvalue weighted by Gasteiger charge is 2.24. The number of hydrogen-bond donors (Lipinski definition) is 1. The number of rotatable bonds is 6. The van der Waals surface area contributed by atoms with Gasteiger partial charge in [0.25, 0.3) is 10.0 Å². The third kappa shape index (κ3) is 4.54. The SMILES string of the molecule is CC(NC(=O)CN(C)S(=O)(=O)c1cccs1)c1ccc(Cl)cc1. The van der Waals surface area contributed by atoms with Gasteiger partial charge < -0.3 is 5.32 Å². The normalized spacial score (nSPS) is 13.0. The number of carbonyl (C=O) groups excluding carboxylic acids is 1. The van der Waals surface area contributed by atoms with Crippen LogP contribution in [0.4, 0.5) is 0 Å². The average molecular weight is 373 g/mol. The van der Waals surface area contributed by atoms with Crippen molar-refractivity contribution in [1.82, 2.24) is 9.62 Å². The molecule has 5 nitrogen and oxygen atoms in total. The number of carbonyl (C=O) groups is 1. The Balaban J connectivity index is 1.98. The Morgan fingerprint density at radius 2 is 1.96 bits per heavy atom. The van der Waals surface area contributed by atoms with E-state index in [-0.39, 0.29) is 22.7 Å². The number of thiophene rings is 1. The van der Waals surface area contributed by atoms with Crippen LogP contribution >= 0.6 is 22.9 Å². The van der Waals surface area contributed by atoms with Gasteiger partial charge in [-0.25, -0.2) is 8.42 Å². The molecule has 1 amide bonds. The van der Waals surface area contributed by atoms with Gasteiger partial charge in [0.1, 0.15) is 4.21 Å². The number of amides is 1. The van der Waals surface area contributed by atoms with Crippen molar-refractivity contribution in [2.75, 3.05) is 13.6 Å². The van der Waals surface area contributed by atoms with E-state index in [0.717, 1.165) is 21.2 Å². The van der Waals surface area contributed by atoms with Gasteiger partial charge in [-0.1, -0.05) is 29.8 Å². The molecule has 0 saturated heterocycles. The Kier molecular flexibility index (Phi) is 5.80. The second-order valence-corrected chi connectivity index (χ2v) is 8.69. The number of sulfonamides is 1. The zero-order valence-electron chi connectivity index (χ0n) is 12.7. The van der Waals surface area contributed by atoms with Gasteiger partial charge in [-0.3, -0.25) is 4.79 Å². The van der Waals surface area contributed by atoms with Gasteiger partial charge in [0, 0.05) is 12.1 Å². The van der Waals surface area contributed by atoms with E-state index >= 15 is 0 Å². The molecule has 2 rings (SSSR count). The summed E-state index contributed by atoms with van der Waals surface area (Å²) in [5.41, 5.74) is 0.895. The van der Waals surface area contributed by atoms with Gasteiger partial charge in [0.15, 0.2) is 0 Å². The van der Waals surface area contributed by atoms with Crippen molar-refractivity contribution < 1.29 is 13.2 Å². The van der Waals surface area contributed by atoms with Crippen molar-refractivity contribution in [3.8, 4) is 0 Å². The van der Waals surface area contributed by atoms with Crippen LogP contribution in [0.1, 0.15) is 18.5 Å². The van der Waals surface area contributed by atoms with E-state index < -0.39 is 10.0 Å². The van der Waals surface area contributed by atoms with Crippen LogP contribution in [0.3, 0.4) is 0 Å². The molecule has 8 heteroatoms. The molecule has 0 saturated carbocycles. The molecule has 1 aromatic carbocycles. The Bertz CT molecular complexity index is 759. The first-order valence-corrected chi connectivity index (χ1v) is 9.55. The summed E-state index contributed by atoms with van der Waals surface area (Å²) < 4.78 is 25.8. The molecule has 1 unspecified atom stereocenters. The van der Waals surface area contributed by atoms with Gasteiger partial charge >= 0.3 is 0 Å². The largest absolute Gasteiger partial charge is 0.348 e. The molecule has 23 heavy (non-hydrogen) atoms. The highest BCUT2D eigenvalue weighted by atomic mass is 35.5. The summed E-state index contributed by atoms with van der Waals surface area (Å²) in [6.07, 6.45) is 0. The van der Waals surface area contributed by atoms with Crippen molar-refractivity contribution in [2.45, 2.75) is 17.2 Å². The lowest BCUT2D eigenvalue weighted by Crippen LogP contribution is -2.39. The molecule has 0 aliphatic heterocycles. The van der Waals surface area contributed by atoms with Gasteiger partial charge in [-0.2, -0.15) is 4.31 Å². The Morgan fingerprint density at radius 3 is 2.52 bits per heavy atom. The number of nitrogens with zero attached hydrogens (tertiary/aromatic N) is 1. The number of nitrogens with one attached hydrogen (secondary N) is 1. The quantitative estimate of drug-likeness (QED) is 0.847. The van der Waals surface area contributed by atoms with Crippen LogP contribution in [0.15, 0.2) is 46.0 Å². The molecule has 124 valence electrons. The van der Waals surface area contributed by atoms with Crippen LogP contribution in [0.25, 0.3) is 0 Å². The minimum absolute atomic E-state index is 0.221. The fourth-order valence-corrected chi connectivity index (χ4v) is 4.43. The third-order valence-corrected chi connectivity index (χ3v) is 6.70. The minimum Gasteiger partial charge on any atom is -0.348 e. The maximum absolute atomic E-state index is 12.3. The molecule has 0 fully saturated rings. The van der Waals surface area contributed by atoms with E-state index in [9.17, 15) is 13.2 Å². The zero-order chi connectivity index (χ0) is 17.0. The monoisotopic (exact) mass is 372 g/mol. The van der Waals surface area contributed by atoms with E-state index in [1.165, 1.54) is 13.1 Å². The van der Waals surface area contributed by atoms with Crippen LogP contribution < -0.4 is 5.32 Å². The zero-order valence-corrected chi connectivity index (χ0v) is 15.1. The number of halogens is 1. The Morgan fingerprint density at radius 1 is 1.30 bits per heavy atom. The summed E-state index contributed by atoms with van der Waals surface area (Å²) in [5.74, 6) is -0.366. The first-order valence-electron chi connectivity index (χ1n) is 6.85. The number of likely N-dealkylation sites (N-methyl/N-ethyl adjacent to an activating group) is 1. The van der Waals surface area contributed by atoms with E-state index in [1.54, 1.807) is 23.6 Å². The lowest BCUT2D eigenvalue weighted by molar-refractivity contribution is -0.121. The maximum atomic E-state index is 12.3. The molecule has 0 spiro atoms. The molecule has 2 aromatic rings. The Labute approximate surface area is 144 Å². The predicted octanol–water partition coefficient (Wildman–Crippen LogP) is 2.90. The second kappa shape index (κ2) is 7.44. The molecular weight excluding hydrogens is 356 g/mol. The van der Waals surface area contributed by atoms with E-state index in [0.29, 0.717) is 5.02 Å². The molecule has 0 radical (unpaired) electrons. The lowest BCUT2D eigenvalue weighted by Gasteiger charge is -2.18. The van der Waals surface area contributed by atoms with E-state index in [4.69, 9.17) is 11.6 Å². The van der Waals surface area contributed by atoms with Gasteiger partial charge in [-0.15, -0.1) is 11.3 Å². The standard InChI is InChI=1S/C15H17ClN2O3S2/c1-11(12-5-7-13(16)8-6-12)17-14(19)10-18(2)23(20,21)15-4-3-9-22-15/h3-9,11H,10H2,1-2H3,(H,17,19). The predicted molar refractivity (Wildman–Crippen MR) is 92.1 cm³/mol. The molecule has 0 aliphatic rings. The summed E-state index contributed by atoms with van der Waals surface area (Å²) in [5, 5.41) is 5.08. The van der Waals surface area contributed by atoms with Crippen molar-refractivity contribution in [2.24, 2.45) is 0 Å². The summed E-state index contributed by atoms with van der Waals surface area (Å²) in [6, 6.07) is 10.1. The average Bonchev–Trinajstić information content (AvgIpc) is 3.02. The topological polar surface area (TPSA) is 66.5 Å². The van der Waals surface area contributed by atoms with Crippen LogP contribution in [0.5, 0.6) is 0 Å². The number of hydrogen-bond acceptors (Lipinski definition) is 4. The van der Waals surface area contributed by atoms with E-state index in [1.807, 2.05) is 19.1 Å². The van der Waals surface area contributed by atoms with E-state index in [2.05, 4.69) is 5.32 Å². The van der Waals surface area contributed by atoms with Crippen LogP contribution in [0.2, 0.25) is 5.02 Å².